The van der Waals surface area contributed by atoms with Gasteiger partial charge in [-0.3, -0.25) is 14.2 Å². The smallest absolute Gasteiger partial charge is 0.306 e. The highest BCUT2D eigenvalue weighted by Crippen LogP contribution is 2.38. The van der Waals surface area contributed by atoms with E-state index >= 15 is 0 Å². The fourth-order valence-electron chi connectivity index (χ4n) is 6.59. The predicted octanol–water partition coefficient (Wildman–Crippen LogP) is 12.7. The first kappa shape index (κ1) is 54.8. The normalized spacial score (nSPS) is 13.6. The van der Waals surface area contributed by atoms with Gasteiger partial charge >= 0.3 is 11.9 Å². The molecule has 56 heavy (non-hydrogen) atoms. The standard InChI is InChI=1S/C46H90NO8P/c1-6-8-10-12-14-16-18-20-22-23-25-27-29-31-33-35-37-39-46(49)55-44(43-54-56(50,51)53-41-40-47(3,4)5)42-52-45(48)38-36-34-32-30-28-26-24-21-19-17-15-13-11-9-7-2/h21,24,44H,6-20,22-23,25-43H2,1-5H3/b24-21-. The minimum Gasteiger partial charge on any atom is -0.756 e. The lowest BCUT2D eigenvalue weighted by molar-refractivity contribution is -0.870. The molecule has 0 amide bonds. The van der Waals surface area contributed by atoms with Gasteiger partial charge in [0.25, 0.3) is 7.82 Å². The Morgan fingerprint density at radius 3 is 1.32 bits per heavy atom. The number of hydrogen-bond donors (Lipinski definition) is 0. The molecule has 0 fully saturated rings. The van der Waals surface area contributed by atoms with Crippen LogP contribution in [-0.2, 0) is 32.7 Å². The maximum Gasteiger partial charge on any atom is 0.306 e. The van der Waals surface area contributed by atoms with E-state index in [1.165, 1.54) is 135 Å². The average molecular weight is 816 g/mol. The van der Waals surface area contributed by atoms with Crippen molar-refractivity contribution in [1.29, 1.82) is 0 Å². The number of likely N-dealkylation sites (N-methyl/N-ethyl adjacent to an activating group) is 1. The van der Waals surface area contributed by atoms with Crippen molar-refractivity contribution in [2.24, 2.45) is 0 Å². The Kier molecular flexibility index (Phi) is 38.3. The molecule has 0 N–H and O–H groups in total. The summed E-state index contributed by atoms with van der Waals surface area (Å²) in [6.45, 7) is 4.24. The molecule has 0 spiro atoms. The van der Waals surface area contributed by atoms with Crippen LogP contribution in [0.15, 0.2) is 12.2 Å². The molecule has 0 aliphatic rings. The van der Waals surface area contributed by atoms with Crippen LogP contribution in [0.4, 0.5) is 0 Å². The molecule has 332 valence electrons. The SMILES string of the molecule is CCCCCCCC/C=C\CCCCCCCC(=O)OCC(COP(=O)([O-])OCC[N+](C)(C)C)OC(=O)CCCCCCCCCCCCCCCCCCC. The number of carbonyl (C=O) groups is 2. The van der Waals surface area contributed by atoms with Crippen molar-refractivity contribution in [1.82, 2.24) is 0 Å². The van der Waals surface area contributed by atoms with Crippen LogP contribution in [0.3, 0.4) is 0 Å². The molecule has 0 aromatic carbocycles. The van der Waals surface area contributed by atoms with Gasteiger partial charge < -0.3 is 27.9 Å². The Morgan fingerprint density at radius 1 is 0.536 bits per heavy atom. The van der Waals surface area contributed by atoms with Gasteiger partial charge in [-0.05, 0) is 38.5 Å². The molecule has 2 unspecified atom stereocenters. The van der Waals surface area contributed by atoms with Crippen molar-refractivity contribution in [3.63, 3.8) is 0 Å². The molecule has 0 aliphatic heterocycles. The summed E-state index contributed by atoms with van der Waals surface area (Å²) in [7, 11) is 1.17. The van der Waals surface area contributed by atoms with E-state index in [1.54, 1.807) is 0 Å². The summed E-state index contributed by atoms with van der Waals surface area (Å²) in [5.74, 6) is -0.833. The lowest BCUT2D eigenvalue weighted by Crippen LogP contribution is -2.37. The molecule has 0 rings (SSSR count). The van der Waals surface area contributed by atoms with Gasteiger partial charge in [0, 0.05) is 12.8 Å². The maximum absolute atomic E-state index is 12.7. The lowest BCUT2D eigenvalue weighted by Gasteiger charge is -2.28. The summed E-state index contributed by atoms with van der Waals surface area (Å²) in [6, 6.07) is 0. The first-order valence-electron chi connectivity index (χ1n) is 23.4. The Hall–Kier alpha value is -1.25. The van der Waals surface area contributed by atoms with E-state index in [0.717, 1.165) is 51.4 Å². The second-order valence-corrected chi connectivity index (χ2v) is 18.5. The molecular weight excluding hydrogens is 725 g/mol. The van der Waals surface area contributed by atoms with Crippen molar-refractivity contribution >= 4 is 19.8 Å². The largest absolute Gasteiger partial charge is 0.756 e. The first-order chi connectivity index (χ1) is 27.0. The van der Waals surface area contributed by atoms with Gasteiger partial charge in [-0.15, -0.1) is 0 Å². The van der Waals surface area contributed by atoms with Gasteiger partial charge in [0.2, 0.25) is 0 Å². The topological polar surface area (TPSA) is 111 Å². The van der Waals surface area contributed by atoms with Crippen LogP contribution in [0.2, 0.25) is 0 Å². The molecule has 0 saturated carbocycles. The number of quaternary nitrogens is 1. The van der Waals surface area contributed by atoms with Crippen LogP contribution in [-0.4, -0.2) is 70.0 Å². The predicted molar refractivity (Wildman–Crippen MR) is 231 cm³/mol. The number of esters is 2. The third kappa shape index (κ3) is 42.4. The van der Waals surface area contributed by atoms with Crippen LogP contribution in [0.25, 0.3) is 0 Å². The van der Waals surface area contributed by atoms with Crippen molar-refractivity contribution in [2.75, 3.05) is 47.5 Å². The fraction of sp³-hybridized carbons (Fsp3) is 0.913. The lowest BCUT2D eigenvalue weighted by atomic mass is 10.0. The highest BCUT2D eigenvalue weighted by Gasteiger charge is 2.21. The Labute approximate surface area is 346 Å². The maximum atomic E-state index is 12.7. The molecular formula is C46H90NO8P. The van der Waals surface area contributed by atoms with Gasteiger partial charge in [0.15, 0.2) is 6.10 Å². The van der Waals surface area contributed by atoms with Gasteiger partial charge in [0.05, 0.1) is 27.7 Å². The highest BCUT2D eigenvalue weighted by molar-refractivity contribution is 7.45. The number of hydrogen-bond acceptors (Lipinski definition) is 8. The first-order valence-corrected chi connectivity index (χ1v) is 24.9. The van der Waals surface area contributed by atoms with E-state index in [1.807, 2.05) is 21.1 Å². The Morgan fingerprint density at radius 2 is 0.911 bits per heavy atom. The summed E-state index contributed by atoms with van der Waals surface area (Å²) in [5.41, 5.74) is 0. The van der Waals surface area contributed by atoms with E-state index in [9.17, 15) is 19.0 Å². The second kappa shape index (κ2) is 39.2. The summed E-state index contributed by atoms with van der Waals surface area (Å²) in [4.78, 5) is 37.6. The molecule has 2 atom stereocenters. The third-order valence-electron chi connectivity index (χ3n) is 10.3. The van der Waals surface area contributed by atoms with Crippen molar-refractivity contribution in [3.05, 3.63) is 12.2 Å². The molecule has 0 saturated heterocycles. The van der Waals surface area contributed by atoms with E-state index < -0.39 is 26.5 Å². The zero-order valence-corrected chi connectivity index (χ0v) is 38.2. The van der Waals surface area contributed by atoms with Gasteiger partial charge in [-0.25, -0.2) is 0 Å². The fourth-order valence-corrected chi connectivity index (χ4v) is 7.32. The molecule has 0 aromatic heterocycles. The molecule has 0 aliphatic carbocycles. The van der Waals surface area contributed by atoms with Crippen LogP contribution in [0.5, 0.6) is 0 Å². The number of ether oxygens (including phenoxy) is 2. The van der Waals surface area contributed by atoms with Gasteiger partial charge in [0.1, 0.15) is 19.8 Å². The molecule has 0 radical (unpaired) electrons. The Bertz CT molecular complexity index is 969. The molecule has 0 heterocycles. The van der Waals surface area contributed by atoms with Gasteiger partial charge in [-0.2, -0.15) is 0 Å². The number of phosphoric acid groups is 1. The summed E-state index contributed by atoms with van der Waals surface area (Å²) < 4.78 is 33.9. The Balaban J connectivity index is 4.30. The van der Waals surface area contributed by atoms with Crippen molar-refractivity contribution in [3.8, 4) is 0 Å². The monoisotopic (exact) mass is 816 g/mol. The van der Waals surface area contributed by atoms with E-state index in [4.69, 9.17) is 18.5 Å². The van der Waals surface area contributed by atoms with E-state index in [0.29, 0.717) is 17.4 Å². The summed E-state index contributed by atoms with van der Waals surface area (Å²) in [5, 5.41) is 0. The van der Waals surface area contributed by atoms with Crippen molar-refractivity contribution < 1.29 is 42.1 Å². The average Bonchev–Trinajstić information content (AvgIpc) is 3.15. The van der Waals surface area contributed by atoms with Crippen LogP contribution < -0.4 is 4.89 Å². The number of allylic oxidation sites excluding steroid dienone is 2. The quantitative estimate of drug-likeness (QED) is 0.0197. The van der Waals surface area contributed by atoms with E-state index in [-0.39, 0.29) is 32.0 Å². The zero-order valence-electron chi connectivity index (χ0n) is 37.3. The number of phosphoric ester groups is 1. The molecule has 0 aromatic rings. The van der Waals surface area contributed by atoms with Crippen LogP contribution in [0.1, 0.15) is 219 Å². The zero-order chi connectivity index (χ0) is 41.4. The molecule has 9 nitrogen and oxygen atoms in total. The highest BCUT2D eigenvalue weighted by atomic mass is 31.2. The van der Waals surface area contributed by atoms with Crippen LogP contribution in [0, 0.1) is 0 Å². The third-order valence-corrected chi connectivity index (χ3v) is 11.2. The number of rotatable bonds is 43. The van der Waals surface area contributed by atoms with Crippen molar-refractivity contribution in [2.45, 2.75) is 225 Å². The number of nitrogens with zero attached hydrogens (tertiary/aromatic N) is 1. The minimum absolute atomic E-state index is 0.0288. The number of carbonyl (C=O) groups excluding carboxylic acids is 2. The summed E-state index contributed by atoms with van der Waals surface area (Å²) >= 11 is 0. The molecule has 0 bridgehead atoms. The van der Waals surface area contributed by atoms with Crippen LogP contribution >= 0.6 is 7.82 Å². The summed E-state index contributed by atoms with van der Waals surface area (Å²) in [6.07, 6.45) is 40.9. The minimum atomic E-state index is -4.62. The number of unbranched alkanes of at least 4 members (excludes halogenated alkanes) is 27. The van der Waals surface area contributed by atoms with E-state index in [2.05, 4.69) is 26.0 Å². The molecule has 10 heteroatoms. The van der Waals surface area contributed by atoms with Gasteiger partial charge in [-0.1, -0.05) is 180 Å². The second-order valence-electron chi connectivity index (χ2n) is 17.1.